The first-order valence-corrected chi connectivity index (χ1v) is 41.8. The number of para-hydroxylation sites is 1. The minimum Gasteiger partial charge on any atom is -0.489 e. The highest BCUT2D eigenvalue weighted by molar-refractivity contribution is 7.88. The first-order chi connectivity index (χ1) is 50.2. The first-order valence-electron chi connectivity index (χ1n) is 36.2. The molecule has 5 aromatic heterocycles. The number of nitrogens with zero attached hydrogens (tertiary/aromatic N) is 6. The maximum atomic E-state index is 11.5. The molecule has 2 saturated heterocycles. The number of rotatable bonds is 11. The van der Waals surface area contributed by atoms with Gasteiger partial charge < -0.3 is 39.0 Å². The van der Waals surface area contributed by atoms with Crippen LogP contribution in [0.2, 0.25) is 0 Å². The SMILES string of the molecule is CC(=O)N1CC=C(c2c[nH]c3cc(C)ccc23)CC1.CC(=O)N1CCC(c2c[nH]c3ccc(OCc4ccccc4)cc23)CC1.Cc1ccc2c(C3=CCN(S(C)(=O)=O)CC3)c[nH]c2c1.Cc1ccc2c(C3CCN(S(C)(=O)=O)CC3)c[nH]c2c1.Cn1cc(C2=CCN(S(C)(=O)=O)CC2)c2ccccc21. The molecule has 2 fully saturated rings. The number of piperidine rings is 2. The number of hydrogen-bond acceptors (Lipinski definition) is 9. The fourth-order valence-corrected chi connectivity index (χ4v) is 17.5. The number of aromatic amines is 4. The number of hydrogen-bond donors (Lipinski definition) is 4. The van der Waals surface area contributed by atoms with Gasteiger partial charge in [-0.3, -0.25) is 9.59 Å². The number of benzene rings is 6. The molecule has 0 radical (unpaired) electrons. The quantitative estimate of drug-likeness (QED) is 0.0963. The van der Waals surface area contributed by atoms with Gasteiger partial charge in [-0.05, 0) is 170 Å². The Morgan fingerprint density at radius 3 is 1.40 bits per heavy atom. The van der Waals surface area contributed by atoms with Gasteiger partial charge in [0.05, 0.1) is 18.8 Å². The molecule has 0 saturated carbocycles. The zero-order chi connectivity index (χ0) is 74.3. The number of H-pyrrole nitrogens is 4. The second-order valence-electron chi connectivity index (χ2n) is 28.6. The van der Waals surface area contributed by atoms with Crippen LogP contribution in [0.25, 0.3) is 71.2 Å². The molecule has 0 unspecified atom stereocenters. The van der Waals surface area contributed by atoms with Gasteiger partial charge in [-0.25, -0.2) is 29.6 Å². The summed E-state index contributed by atoms with van der Waals surface area (Å²) in [6, 6.07) is 44.1. The van der Waals surface area contributed by atoms with Crippen molar-refractivity contribution in [2.24, 2.45) is 7.05 Å². The van der Waals surface area contributed by atoms with Gasteiger partial charge in [0.25, 0.3) is 0 Å². The maximum absolute atomic E-state index is 11.5. The number of likely N-dealkylation sites (tertiary alicyclic amines) is 1. The molecule has 6 aromatic carbocycles. The van der Waals surface area contributed by atoms with E-state index in [1.165, 1.54) is 138 Å². The van der Waals surface area contributed by atoms with Crippen molar-refractivity contribution in [3.63, 3.8) is 0 Å². The van der Waals surface area contributed by atoms with E-state index in [1.807, 2.05) is 71.6 Å². The van der Waals surface area contributed by atoms with Gasteiger partial charge in [-0.1, -0.05) is 103 Å². The van der Waals surface area contributed by atoms with Gasteiger partial charge in [0.15, 0.2) is 0 Å². The fraction of sp³-hybridized carbons (Fsp3) is 0.349. The molecule has 22 heteroatoms. The summed E-state index contributed by atoms with van der Waals surface area (Å²) in [7, 11) is -7.17. The molecule has 5 aliphatic heterocycles. The van der Waals surface area contributed by atoms with Crippen LogP contribution in [0.15, 0.2) is 177 Å². The van der Waals surface area contributed by atoms with Crippen LogP contribution in [-0.2, 0) is 53.3 Å². The predicted molar refractivity (Wildman–Crippen MR) is 427 cm³/mol. The van der Waals surface area contributed by atoms with Crippen LogP contribution in [0.1, 0.15) is 121 Å². The summed E-state index contributed by atoms with van der Waals surface area (Å²) in [5.74, 6) is 2.17. The second-order valence-corrected chi connectivity index (χ2v) is 34.5. The Morgan fingerprint density at radius 1 is 0.438 bits per heavy atom. The van der Waals surface area contributed by atoms with E-state index in [0.29, 0.717) is 57.7 Å². The van der Waals surface area contributed by atoms with Crippen LogP contribution >= 0.6 is 0 Å². The zero-order valence-electron chi connectivity index (χ0n) is 61.7. The Bertz CT molecular complexity index is 5410. The lowest BCUT2D eigenvalue weighted by atomic mass is 9.89. The molecule has 10 heterocycles. The van der Waals surface area contributed by atoms with Crippen LogP contribution in [0, 0.1) is 20.8 Å². The number of fused-ring (bicyclic) bond motifs is 5. The number of carbonyl (C=O) groups excluding carboxylic acids is 2. The lowest BCUT2D eigenvalue weighted by Crippen LogP contribution is -2.37. The molecule has 2 amide bonds. The smallest absolute Gasteiger partial charge is 0.219 e. The van der Waals surface area contributed by atoms with Crippen molar-refractivity contribution in [1.82, 2.24) is 47.2 Å². The number of aromatic nitrogens is 5. The van der Waals surface area contributed by atoms with E-state index in [4.69, 9.17) is 4.74 Å². The van der Waals surface area contributed by atoms with E-state index < -0.39 is 30.1 Å². The summed E-state index contributed by atoms with van der Waals surface area (Å²) in [5.41, 5.74) is 20.9. The van der Waals surface area contributed by atoms with Crippen molar-refractivity contribution < 1.29 is 39.6 Å². The van der Waals surface area contributed by atoms with E-state index in [9.17, 15) is 34.8 Å². The van der Waals surface area contributed by atoms with Crippen molar-refractivity contribution in [3.8, 4) is 5.75 Å². The highest BCUT2D eigenvalue weighted by Gasteiger charge is 2.29. The molecule has 19 nitrogen and oxygen atoms in total. The molecule has 0 atom stereocenters. The third-order valence-electron chi connectivity index (χ3n) is 21.1. The Kier molecular flexibility index (Phi) is 23.4. The summed E-state index contributed by atoms with van der Waals surface area (Å²) in [6.45, 7) is 16.7. The van der Waals surface area contributed by atoms with E-state index >= 15 is 0 Å². The molecule has 0 aliphatic carbocycles. The average Bonchev–Trinajstić information content (AvgIpc) is 1.66. The molecule has 16 rings (SSSR count). The minimum absolute atomic E-state index is 0.157. The molecule has 0 spiro atoms. The first kappa shape index (κ1) is 75.4. The normalized spacial score (nSPS) is 16.8. The predicted octanol–water partition coefficient (Wildman–Crippen LogP) is 15.0. The second kappa shape index (κ2) is 32.6. The maximum Gasteiger partial charge on any atom is 0.219 e. The molecule has 11 aromatic rings. The largest absolute Gasteiger partial charge is 0.489 e. The Hall–Kier alpha value is -9.29. The summed E-state index contributed by atoms with van der Waals surface area (Å²) >= 11 is 0. The van der Waals surface area contributed by atoms with Crippen LogP contribution in [-0.4, -0.2) is 169 Å². The van der Waals surface area contributed by atoms with E-state index in [-0.39, 0.29) is 11.8 Å². The van der Waals surface area contributed by atoms with E-state index in [0.717, 1.165) is 87.9 Å². The van der Waals surface area contributed by atoms with Crippen molar-refractivity contribution in [2.45, 2.75) is 98.0 Å². The highest BCUT2D eigenvalue weighted by atomic mass is 32.2. The third-order valence-corrected chi connectivity index (χ3v) is 24.9. The number of sulfonamides is 3. The summed E-state index contributed by atoms with van der Waals surface area (Å²) in [6.07, 6.45) is 26.8. The van der Waals surface area contributed by atoms with Crippen molar-refractivity contribution >= 4 is 113 Å². The van der Waals surface area contributed by atoms with E-state index in [2.05, 4.69) is 167 Å². The van der Waals surface area contributed by atoms with Crippen molar-refractivity contribution in [2.75, 3.05) is 84.2 Å². The van der Waals surface area contributed by atoms with Gasteiger partial charge in [0.1, 0.15) is 12.4 Å². The highest BCUT2D eigenvalue weighted by Crippen LogP contribution is 2.38. The fourth-order valence-electron chi connectivity index (χ4n) is 15.1. The number of nitrogens with one attached hydrogen (secondary N) is 4. The minimum atomic E-state index is -3.09. The lowest BCUT2D eigenvalue weighted by molar-refractivity contribution is -0.130. The van der Waals surface area contributed by atoms with Crippen LogP contribution < -0.4 is 4.74 Å². The molecular weight excluding hydrogens is 1380 g/mol. The standard InChI is InChI=1S/C22H24N2O2.C16H18N2O.C15H20N2O2S.2C15H18N2O2S/c1-16(25)24-11-9-18(10-12-24)21-14-23-22-8-7-19(13-20(21)22)26-15-17-5-3-2-4-6-17;1-11-3-4-14-15(10-17-16(14)9-11)13-5-7-18(8-6-13)12(2)19;2*1-11-3-4-13-14(10-16-15(13)9-11)12-5-7-17(8-6-12)20(2,18)19;1-16-11-14(13-5-3-4-6-15(13)16)12-7-9-17(10-8-12)20(2,18)19/h2-8,13-14,18,23H,9-12,15H2,1H3;3-5,9-10,17H,6-8H2,1-2H3;3-4,9-10,12,16H,5-8H2,1-2H3;3-5,9-10,16H,6-8H2,1-2H3;3-7,11H,8-10H2,1-2H3. The summed E-state index contributed by atoms with van der Waals surface area (Å²) < 4.78 is 81.9. The molecule has 0 bridgehead atoms. The number of aryl methyl sites for hydroxylation is 4. The molecule has 5 aliphatic rings. The number of carbonyl (C=O) groups is 2. The van der Waals surface area contributed by atoms with Crippen molar-refractivity contribution in [1.29, 1.82) is 0 Å². The lowest BCUT2D eigenvalue weighted by Gasteiger charge is -2.31. The Morgan fingerprint density at radius 2 is 0.895 bits per heavy atom. The van der Waals surface area contributed by atoms with Crippen molar-refractivity contribution in [3.05, 3.63) is 227 Å². The molecule has 105 heavy (non-hydrogen) atoms. The van der Waals surface area contributed by atoms with E-state index in [1.54, 1.807) is 18.2 Å². The monoisotopic (exact) mass is 1470 g/mol. The van der Waals surface area contributed by atoms with Crippen LogP contribution in [0.5, 0.6) is 5.75 Å². The molecule has 4 N–H and O–H groups in total. The Labute approximate surface area is 617 Å². The van der Waals surface area contributed by atoms with Gasteiger partial charge >= 0.3 is 0 Å². The zero-order valence-corrected chi connectivity index (χ0v) is 64.2. The van der Waals surface area contributed by atoms with Gasteiger partial charge in [0, 0.05) is 189 Å². The van der Waals surface area contributed by atoms with Gasteiger partial charge in [-0.2, -0.15) is 8.61 Å². The number of amides is 2. The molecular formula is C83H98N10O9S3. The van der Waals surface area contributed by atoms with Gasteiger partial charge in [0.2, 0.25) is 41.9 Å². The Balaban J connectivity index is 0.000000124. The third kappa shape index (κ3) is 18.3. The number of ether oxygens (including phenoxy) is 1. The summed E-state index contributed by atoms with van der Waals surface area (Å²) in [5, 5.41) is 6.21. The summed E-state index contributed by atoms with van der Waals surface area (Å²) in [4.78, 5) is 40.0. The molecule has 552 valence electrons. The van der Waals surface area contributed by atoms with Crippen LogP contribution in [0.4, 0.5) is 0 Å². The van der Waals surface area contributed by atoms with Crippen LogP contribution in [0.3, 0.4) is 0 Å². The average molecular weight is 1480 g/mol. The topological polar surface area (TPSA) is 230 Å². The van der Waals surface area contributed by atoms with Gasteiger partial charge in [-0.15, -0.1) is 0 Å².